The van der Waals surface area contributed by atoms with Gasteiger partial charge in [0, 0.05) is 19.8 Å². The van der Waals surface area contributed by atoms with E-state index in [2.05, 4.69) is 5.43 Å². The average Bonchev–Trinajstić information content (AvgIpc) is 2.22. The Bertz CT molecular complexity index is 134. The van der Waals surface area contributed by atoms with E-state index in [1.54, 1.807) is 7.11 Å². The number of hydrogen-bond acceptors (Lipinski definition) is 5. The lowest BCUT2D eigenvalue weighted by molar-refractivity contribution is 0.0384. The Morgan fingerprint density at radius 2 is 1.93 bits per heavy atom. The highest BCUT2D eigenvalue weighted by Crippen LogP contribution is 1.96. The molecule has 1 atom stereocenters. The number of hydrazine groups is 1. The molecule has 0 saturated carbocycles. The number of nitrogens with two attached hydrogens (primary N) is 1. The lowest BCUT2D eigenvalue weighted by atomic mass is 10.2. The van der Waals surface area contributed by atoms with Gasteiger partial charge in [-0.25, -0.2) is 0 Å². The summed E-state index contributed by atoms with van der Waals surface area (Å²) >= 11 is 0. The van der Waals surface area contributed by atoms with Crippen LogP contribution >= 0.6 is 0 Å². The molecule has 0 spiro atoms. The molecule has 0 aromatic heterocycles. The van der Waals surface area contributed by atoms with E-state index in [9.17, 15) is 0 Å². The SMILES string of the molecule is COCCOCCC(COC(C)C)NN. The molecule has 3 N–H and O–H groups in total. The maximum atomic E-state index is 5.45. The van der Waals surface area contributed by atoms with Gasteiger partial charge in [-0.2, -0.15) is 0 Å². The van der Waals surface area contributed by atoms with E-state index in [1.807, 2.05) is 13.8 Å². The first kappa shape index (κ1) is 14.8. The van der Waals surface area contributed by atoms with Crippen LogP contribution in [0.15, 0.2) is 0 Å². The van der Waals surface area contributed by atoms with Crippen LogP contribution in [0.1, 0.15) is 20.3 Å². The van der Waals surface area contributed by atoms with Gasteiger partial charge in [0.05, 0.1) is 25.9 Å². The van der Waals surface area contributed by atoms with Gasteiger partial charge in [0.1, 0.15) is 0 Å². The van der Waals surface area contributed by atoms with Crippen LogP contribution in [0.25, 0.3) is 0 Å². The third-order valence-electron chi connectivity index (χ3n) is 1.91. The van der Waals surface area contributed by atoms with E-state index < -0.39 is 0 Å². The van der Waals surface area contributed by atoms with E-state index in [1.165, 1.54) is 0 Å². The summed E-state index contributed by atoms with van der Waals surface area (Å²) in [6.07, 6.45) is 1.07. The average molecular weight is 220 g/mol. The van der Waals surface area contributed by atoms with Gasteiger partial charge in [0.15, 0.2) is 0 Å². The third-order valence-corrected chi connectivity index (χ3v) is 1.91. The topological polar surface area (TPSA) is 65.7 Å². The number of ether oxygens (including phenoxy) is 3. The molecule has 0 aromatic rings. The minimum Gasteiger partial charge on any atom is -0.382 e. The van der Waals surface area contributed by atoms with Gasteiger partial charge in [-0.05, 0) is 20.3 Å². The van der Waals surface area contributed by atoms with Gasteiger partial charge in [-0.1, -0.05) is 0 Å². The van der Waals surface area contributed by atoms with Crippen molar-refractivity contribution in [3.8, 4) is 0 Å². The lowest BCUT2D eigenvalue weighted by Gasteiger charge is -2.17. The minimum absolute atomic E-state index is 0.148. The summed E-state index contributed by atoms with van der Waals surface area (Å²) in [5.41, 5.74) is 2.71. The van der Waals surface area contributed by atoms with Crippen molar-refractivity contribution in [2.75, 3.05) is 33.5 Å². The van der Waals surface area contributed by atoms with Gasteiger partial charge in [-0.15, -0.1) is 0 Å². The van der Waals surface area contributed by atoms with E-state index in [-0.39, 0.29) is 12.1 Å². The highest BCUT2D eigenvalue weighted by atomic mass is 16.5. The van der Waals surface area contributed by atoms with Gasteiger partial charge in [-0.3, -0.25) is 11.3 Å². The minimum atomic E-state index is 0.148. The van der Waals surface area contributed by atoms with E-state index in [4.69, 9.17) is 20.1 Å². The monoisotopic (exact) mass is 220 g/mol. The van der Waals surface area contributed by atoms with Crippen LogP contribution < -0.4 is 11.3 Å². The normalized spacial score (nSPS) is 13.4. The standard InChI is InChI=1S/C10H24N2O3/c1-9(2)15-8-10(12-11)4-5-14-7-6-13-3/h9-10,12H,4-8,11H2,1-3H3. The molecule has 0 radical (unpaired) electrons. The first-order valence-corrected chi connectivity index (χ1v) is 5.35. The second-order valence-corrected chi connectivity index (χ2v) is 3.64. The summed E-state index contributed by atoms with van der Waals surface area (Å²) in [6, 6.07) is 0.148. The molecule has 0 aliphatic carbocycles. The fourth-order valence-corrected chi connectivity index (χ4v) is 0.993. The molecule has 0 aromatic carbocycles. The molecule has 0 rings (SSSR count). The highest BCUT2D eigenvalue weighted by molar-refractivity contribution is 4.62. The van der Waals surface area contributed by atoms with E-state index in [0.717, 1.165) is 6.42 Å². The molecule has 0 aliphatic heterocycles. The van der Waals surface area contributed by atoms with Gasteiger partial charge >= 0.3 is 0 Å². The van der Waals surface area contributed by atoms with Gasteiger partial charge in [0.25, 0.3) is 0 Å². The Balaban J connectivity index is 3.36. The zero-order chi connectivity index (χ0) is 11.5. The second-order valence-electron chi connectivity index (χ2n) is 3.64. The number of rotatable bonds is 10. The maximum Gasteiger partial charge on any atom is 0.0700 e. The Morgan fingerprint density at radius 3 is 2.47 bits per heavy atom. The molecule has 0 fully saturated rings. The van der Waals surface area contributed by atoms with Crippen molar-refractivity contribution in [1.82, 2.24) is 5.43 Å². The second kappa shape index (κ2) is 10.3. The Labute approximate surface area is 92.2 Å². The van der Waals surface area contributed by atoms with Crippen LogP contribution in [0.2, 0.25) is 0 Å². The van der Waals surface area contributed by atoms with Gasteiger partial charge < -0.3 is 14.2 Å². The summed E-state index contributed by atoms with van der Waals surface area (Å²) in [5.74, 6) is 5.39. The van der Waals surface area contributed by atoms with Crippen molar-refractivity contribution in [2.24, 2.45) is 5.84 Å². The molecule has 0 amide bonds. The van der Waals surface area contributed by atoms with Crippen molar-refractivity contribution < 1.29 is 14.2 Å². The van der Waals surface area contributed by atoms with Crippen molar-refractivity contribution in [3.63, 3.8) is 0 Å². The van der Waals surface area contributed by atoms with E-state index in [0.29, 0.717) is 26.4 Å². The van der Waals surface area contributed by atoms with Crippen molar-refractivity contribution in [3.05, 3.63) is 0 Å². The predicted molar refractivity (Wildman–Crippen MR) is 59.5 cm³/mol. The maximum absolute atomic E-state index is 5.45. The first-order valence-electron chi connectivity index (χ1n) is 5.35. The highest BCUT2D eigenvalue weighted by Gasteiger charge is 2.07. The summed E-state index contributed by atoms with van der Waals surface area (Å²) in [5, 5.41) is 0. The van der Waals surface area contributed by atoms with Crippen LogP contribution in [-0.2, 0) is 14.2 Å². The Morgan fingerprint density at radius 1 is 1.20 bits per heavy atom. The van der Waals surface area contributed by atoms with Crippen LogP contribution in [-0.4, -0.2) is 45.7 Å². The lowest BCUT2D eigenvalue weighted by Crippen LogP contribution is -2.40. The summed E-state index contributed by atoms with van der Waals surface area (Å²) in [7, 11) is 1.66. The molecule has 15 heavy (non-hydrogen) atoms. The molecule has 0 aliphatic rings. The molecule has 0 bridgehead atoms. The van der Waals surface area contributed by atoms with Crippen molar-refractivity contribution >= 4 is 0 Å². The zero-order valence-corrected chi connectivity index (χ0v) is 9.99. The molecule has 5 nitrogen and oxygen atoms in total. The van der Waals surface area contributed by atoms with Crippen LogP contribution in [0.5, 0.6) is 0 Å². The van der Waals surface area contributed by atoms with E-state index >= 15 is 0 Å². The fourth-order valence-electron chi connectivity index (χ4n) is 0.993. The molecule has 92 valence electrons. The predicted octanol–water partition coefficient (Wildman–Crippen LogP) is 0.296. The summed E-state index contributed by atoms with van der Waals surface area (Å²) in [6.45, 7) is 6.54. The number of methoxy groups -OCH3 is 1. The van der Waals surface area contributed by atoms with Crippen LogP contribution in [0.4, 0.5) is 0 Å². The van der Waals surface area contributed by atoms with Crippen LogP contribution in [0, 0.1) is 0 Å². The third kappa shape index (κ3) is 10.1. The smallest absolute Gasteiger partial charge is 0.0700 e. The first-order chi connectivity index (χ1) is 7.20. The molecule has 0 saturated heterocycles. The Kier molecular flexibility index (Phi) is 10.2. The fraction of sp³-hybridized carbons (Fsp3) is 1.00. The molecular weight excluding hydrogens is 196 g/mol. The zero-order valence-electron chi connectivity index (χ0n) is 9.99. The number of hydrogen-bond donors (Lipinski definition) is 2. The quantitative estimate of drug-likeness (QED) is 0.315. The summed E-state index contributed by atoms with van der Waals surface area (Å²) < 4.78 is 15.7. The molecule has 1 unspecified atom stereocenters. The molecular formula is C10H24N2O3. The number of nitrogens with one attached hydrogen (secondary N) is 1. The van der Waals surface area contributed by atoms with Crippen molar-refractivity contribution in [1.29, 1.82) is 0 Å². The summed E-state index contributed by atoms with van der Waals surface area (Å²) in [4.78, 5) is 0. The van der Waals surface area contributed by atoms with Gasteiger partial charge in [0.2, 0.25) is 0 Å². The van der Waals surface area contributed by atoms with Crippen LogP contribution in [0.3, 0.4) is 0 Å². The molecule has 5 heteroatoms. The van der Waals surface area contributed by atoms with Crippen molar-refractivity contribution in [2.45, 2.75) is 32.4 Å². The largest absolute Gasteiger partial charge is 0.382 e. The Hall–Kier alpha value is -0.200. The molecule has 0 heterocycles.